The molecule has 1 rings (SSSR count). The van der Waals surface area contributed by atoms with E-state index in [-0.39, 0.29) is 19.6 Å². The van der Waals surface area contributed by atoms with E-state index in [1.807, 2.05) is 0 Å². The van der Waals surface area contributed by atoms with E-state index in [2.05, 4.69) is 127 Å². The van der Waals surface area contributed by atoms with E-state index in [1.165, 1.54) is 77.0 Å². The topological polar surface area (TPSA) is 178 Å². The summed E-state index contributed by atoms with van der Waals surface area (Å²) in [5.74, 6) is -0.419. The summed E-state index contributed by atoms with van der Waals surface area (Å²) < 4.78 is 59.5. The predicted molar refractivity (Wildman–Crippen MR) is 312 cm³/mol. The third kappa shape index (κ3) is 44.7. The molecule has 0 amide bonds. The van der Waals surface area contributed by atoms with Crippen molar-refractivity contribution in [1.29, 1.82) is 0 Å². The summed E-state index contributed by atoms with van der Waals surface area (Å²) in [4.78, 5) is 13.0. The molecule has 0 aromatic heterocycles. The van der Waals surface area contributed by atoms with Gasteiger partial charge in [0.25, 0.3) is 0 Å². The molecule has 6 atom stereocenters. The van der Waals surface area contributed by atoms with Gasteiger partial charge in [-0.2, -0.15) is 8.42 Å². The van der Waals surface area contributed by atoms with Crippen LogP contribution in [-0.4, -0.2) is 97.5 Å². The fraction of sp³-hybridized carbons (Fsp3) is 0.698. The molecule has 1 aliphatic rings. The number of allylic oxidation sites excluding steroid dienone is 18. The van der Waals surface area contributed by atoms with Gasteiger partial charge in [0.2, 0.25) is 0 Å². The quantitative estimate of drug-likeness (QED) is 0.0196. The average Bonchev–Trinajstić information content (AvgIpc) is 3.40. The minimum Gasteiger partial charge on any atom is -0.457 e. The first-order valence-corrected chi connectivity index (χ1v) is 31.0. The normalized spacial score (nSPS) is 19.4. The van der Waals surface area contributed by atoms with Gasteiger partial charge in [0.15, 0.2) is 6.29 Å². The summed E-state index contributed by atoms with van der Waals surface area (Å²) in [5, 5.41) is 30.9. The second-order valence-electron chi connectivity index (χ2n) is 19.8. The number of carbonyl (C=O) groups is 1. The number of aliphatic hydroxyl groups excluding tert-OH is 3. The maximum atomic E-state index is 13.0. The van der Waals surface area contributed by atoms with Crippen LogP contribution in [0.4, 0.5) is 0 Å². The molecule has 1 aliphatic heterocycles. The van der Waals surface area contributed by atoms with Gasteiger partial charge in [-0.1, -0.05) is 220 Å². The van der Waals surface area contributed by atoms with Gasteiger partial charge < -0.3 is 34.3 Å². The maximum absolute atomic E-state index is 13.0. The maximum Gasteiger partial charge on any atom is 0.397 e. The number of carbonyl (C=O) groups excluding carboxylic acids is 1. The summed E-state index contributed by atoms with van der Waals surface area (Å²) in [6.07, 6.45) is 65.4. The molecule has 0 aromatic rings. The summed E-state index contributed by atoms with van der Waals surface area (Å²) in [5.41, 5.74) is 0. The number of rotatable bonds is 51. The van der Waals surface area contributed by atoms with Crippen LogP contribution in [0.2, 0.25) is 0 Å². The molecule has 13 heteroatoms. The molecule has 12 nitrogen and oxygen atoms in total. The van der Waals surface area contributed by atoms with Crippen LogP contribution in [0.5, 0.6) is 0 Å². The highest BCUT2D eigenvalue weighted by molar-refractivity contribution is 7.80. The predicted octanol–water partition coefficient (Wildman–Crippen LogP) is 15.1. The van der Waals surface area contributed by atoms with Crippen LogP contribution in [0.25, 0.3) is 0 Å². The zero-order valence-electron chi connectivity index (χ0n) is 47.3. The Morgan fingerprint density at radius 2 is 0.908 bits per heavy atom. The smallest absolute Gasteiger partial charge is 0.397 e. The molecule has 436 valence electrons. The standard InChI is InChI=1S/C63H106O12S/c1-3-5-7-9-11-13-15-17-19-21-23-25-27-29-30-32-34-36-38-40-42-44-46-48-50-52-59(65)73-57(56-72-63-61(67)62(75-76(68,69)70)60(66)58(54-64)74-63)55-71-53-51-49-47-45-43-41-39-37-35-33-31-28-26-24-22-20-18-16-14-12-10-8-6-4-2/h5,7,11,13,16-19,22-25,28-31,34,36,57-58,60-64,66-67H,3-4,6,8-10,12,14-15,20-21,26-27,32-33,35,37-56H2,1-2H3,(H,68,69,70)/b7-5-,13-11-,18-16-,19-17-,24-22-,25-23-,30-29-,31-28-,36-34-. The molecule has 6 unspecified atom stereocenters. The Kier molecular flexibility index (Phi) is 48.9. The summed E-state index contributed by atoms with van der Waals surface area (Å²) in [6.45, 7) is 3.84. The molecule has 0 bridgehead atoms. The highest BCUT2D eigenvalue weighted by atomic mass is 32.3. The van der Waals surface area contributed by atoms with Gasteiger partial charge >= 0.3 is 16.4 Å². The monoisotopic (exact) mass is 1090 g/mol. The molecule has 4 N–H and O–H groups in total. The SMILES string of the molecule is CC/C=C\C/C=C\C/C=C\C/C=C\C/C=C\C/C=C\CCCCCCCCC(=O)OC(COCCCCCCCCCCC/C=C\C/C=C\C/C=C\CCCCCCC)COC1OC(CO)C(O)C(OS(=O)(=O)O)C1O. The molecular formula is C63H106O12S. The number of aliphatic hydroxyl groups is 3. The minimum absolute atomic E-state index is 0.0190. The Morgan fingerprint density at radius 3 is 1.33 bits per heavy atom. The lowest BCUT2D eigenvalue weighted by atomic mass is 9.99. The lowest BCUT2D eigenvalue weighted by Gasteiger charge is -2.41. The fourth-order valence-electron chi connectivity index (χ4n) is 8.45. The molecule has 0 aromatic carbocycles. The van der Waals surface area contributed by atoms with Gasteiger partial charge in [0.1, 0.15) is 30.5 Å². The number of hydrogen-bond donors (Lipinski definition) is 4. The van der Waals surface area contributed by atoms with E-state index >= 15 is 0 Å². The molecule has 0 spiro atoms. The highest BCUT2D eigenvalue weighted by Gasteiger charge is 2.48. The van der Waals surface area contributed by atoms with Gasteiger partial charge in [0.05, 0.1) is 19.8 Å². The first-order chi connectivity index (χ1) is 37.1. The van der Waals surface area contributed by atoms with E-state index in [4.69, 9.17) is 18.9 Å². The molecular weight excluding hydrogens is 981 g/mol. The van der Waals surface area contributed by atoms with Crippen LogP contribution in [0.1, 0.15) is 219 Å². The third-order valence-corrected chi connectivity index (χ3v) is 13.3. The Bertz CT molecular complexity index is 1730. The van der Waals surface area contributed by atoms with Crippen LogP contribution in [0.3, 0.4) is 0 Å². The van der Waals surface area contributed by atoms with Crippen molar-refractivity contribution < 1.29 is 56.2 Å². The van der Waals surface area contributed by atoms with E-state index in [0.717, 1.165) is 116 Å². The van der Waals surface area contributed by atoms with Crippen molar-refractivity contribution in [3.8, 4) is 0 Å². The van der Waals surface area contributed by atoms with Gasteiger partial charge in [-0.15, -0.1) is 0 Å². The highest BCUT2D eigenvalue weighted by Crippen LogP contribution is 2.26. The Morgan fingerprint density at radius 1 is 0.513 bits per heavy atom. The van der Waals surface area contributed by atoms with E-state index in [0.29, 0.717) is 13.0 Å². The van der Waals surface area contributed by atoms with Crippen LogP contribution in [0.15, 0.2) is 109 Å². The van der Waals surface area contributed by atoms with Crippen molar-refractivity contribution in [2.45, 2.75) is 256 Å². The number of unbranched alkanes of at least 4 members (excludes halogenated alkanes) is 20. The summed E-state index contributed by atoms with van der Waals surface area (Å²) in [7, 11) is -5.08. The minimum atomic E-state index is -5.08. The largest absolute Gasteiger partial charge is 0.457 e. The van der Waals surface area contributed by atoms with Crippen molar-refractivity contribution in [1.82, 2.24) is 0 Å². The first kappa shape index (κ1) is 70.8. The molecule has 1 fully saturated rings. The average molecular weight is 1090 g/mol. The summed E-state index contributed by atoms with van der Waals surface area (Å²) >= 11 is 0. The van der Waals surface area contributed by atoms with Crippen LogP contribution < -0.4 is 0 Å². The number of ether oxygens (including phenoxy) is 4. The molecule has 0 saturated carbocycles. The first-order valence-electron chi connectivity index (χ1n) is 29.6. The Balaban J connectivity index is 2.33. The van der Waals surface area contributed by atoms with Crippen molar-refractivity contribution in [2.24, 2.45) is 0 Å². The molecule has 1 saturated heterocycles. The zero-order chi connectivity index (χ0) is 55.3. The molecule has 1 heterocycles. The lowest BCUT2D eigenvalue weighted by Crippen LogP contribution is -2.60. The zero-order valence-corrected chi connectivity index (χ0v) is 48.1. The third-order valence-electron chi connectivity index (χ3n) is 12.9. The van der Waals surface area contributed by atoms with Crippen molar-refractivity contribution in [2.75, 3.05) is 26.4 Å². The van der Waals surface area contributed by atoms with Crippen LogP contribution in [-0.2, 0) is 38.3 Å². The van der Waals surface area contributed by atoms with E-state index in [9.17, 15) is 33.1 Å². The van der Waals surface area contributed by atoms with Crippen LogP contribution >= 0.6 is 0 Å². The van der Waals surface area contributed by atoms with E-state index < -0.39 is 59.8 Å². The number of esters is 1. The molecule has 76 heavy (non-hydrogen) atoms. The molecule has 0 radical (unpaired) electrons. The van der Waals surface area contributed by atoms with Gasteiger partial charge in [-0.25, -0.2) is 4.18 Å². The van der Waals surface area contributed by atoms with Crippen molar-refractivity contribution >= 4 is 16.4 Å². The number of hydrogen-bond acceptors (Lipinski definition) is 11. The molecule has 0 aliphatic carbocycles. The second kappa shape index (κ2) is 52.5. The van der Waals surface area contributed by atoms with Crippen molar-refractivity contribution in [3.63, 3.8) is 0 Å². The lowest BCUT2D eigenvalue weighted by molar-refractivity contribution is -0.301. The summed E-state index contributed by atoms with van der Waals surface area (Å²) in [6, 6.07) is 0. The van der Waals surface area contributed by atoms with Gasteiger partial charge in [-0.3, -0.25) is 9.35 Å². The Labute approximate surface area is 462 Å². The Hall–Kier alpha value is -3.24. The fourth-order valence-corrected chi connectivity index (χ4v) is 8.96. The van der Waals surface area contributed by atoms with Crippen LogP contribution in [0, 0.1) is 0 Å². The van der Waals surface area contributed by atoms with Gasteiger partial charge in [-0.05, 0) is 103 Å². The van der Waals surface area contributed by atoms with Crippen molar-refractivity contribution in [3.05, 3.63) is 109 Å². The van der Waals surface area contributed by atoms with E-state index in [1.54, 1.807) is 0 Å². The van der Waals surface area contributed by atoms with Gasteiger partial charge in [0, 0.05) is 13.0 Å². The second-order valence-corrected chi connectivity index (χ2v) is 20.9.